The van der Waals surface area contributed by atoms with Gasteiger partial charge in [0, 0.05) is 6.54 Å². The largest absolute Gasteiger partial charge is 0.410 e. The number of hydrogen-bond acceptors (Lipinski definition) is 10. The van der Waals surface area contributed by atoms with Crippen LogP contribution in [0.4, 0.5) is 0 Å². The maximum atomic E-state index is 12.1. The lowest BCUT2D eigenvalue weighted by Gasteiger charge is -2.13. The summed E-state index contributed by atoms with van der Waals surface area (Å²) < 4.78 is 6.13. The number of isocyanates is 3. The van der Waals surface area contributed by atoms with Crippen molar-refractivity contribution >= 4 is 18.2 Å². The highest BCUT2D eigenvalue weighted by Gasteiger charge is 2.11. The molecule has 12 nitrogen and oxygen atoms in total. The monoisotopic (exact) mass is 423 g/mol. The van der Waals surface area contributed by atoms with Crippen molar-refractivity contribution in [3.8, 4) is 0 Å². The molecule has 0 amide bonds. The Labute approximate surface area is 171 Å². The minimum atomic E-state index is -1.17. The molecule has 1 aromatic heterocycles. The molecule has 0 unspecified atom stereocenters. The third kappa shape index (κ3) is 11.4. The van der Waals surface area contributed by atoms with Gasteiger partial charge < -0.3 is 4.52 Å². The molecule has 30 heavy (non-hydrogen) atoms. The van der Waals surface area contributed by atoms with Crippen LogP contribution < -0.4 is 16.6 Å². The summed E-state index contributed by atoms with van der Waals surface area (Å²) in [6.07, 6.45) is 9.73. The molecule has 0 aliphatic carbocycles. The first-order chi connectivity index (χ1) is 14.5. The Morgan fingerprint density at radius 2 is 1.23 bits per heavy atom. The average Bonchev–Trinajstić information content (AvgIpc) is 2.73. The molecule has 0 bridgehead atoms. The van der Waals surface area contributed by atoms with Crippen LogP contribution in [0.5, 0.6) is 0 Å². The first-order valence-electron chi connectivity index (χ1n) is 9.50. The minimum absolute atomic E-state index is 0.267. The van der Waals surface area contributed by atoms with E-state index in [4.69, 9.17) is 14.7 Å². The number of aryl methyl sites for hydroxylation is 1. The van der Waals surface area contributed by atoms with Gasteiger partial charge in [0.2, 0.25) is 18.2 Å². The molecule has 164 valence electrons. The van der Waals surface area contributed by atoms with Gasteiger partial charge in [-0.25, -0.2) is 39.3 Å². The standard InChI is InChI=1S/C17H24N4O6.CHNO/c22-13-18-9-5-1-3-7-11-20-16(25)15(24)17(26)27-21(20)12-8-4-2-6-10-19-14-23;2-1-3/h1-12H2;2H. The van der Waals surface area contributed by atoms with Crippen molar-refractivity contribution in [3.05, 3.63) is 31.0 Å². The van der Waals surface area contributed by atoms with E-state index in [2.05, 4.69) is 9.98 Å². The molecule has 0 saturated heterocycles. The van der Waals surface area contributed by atoms with Crippen molar-refractivity contribution in [3.63, 3.8) is 0 Å². The number of hydrogen-bond donors (Lipinski definition) is 1. The van der Waals surface area contributed by atoms with Crippen molar-refractivity contribution in [2.75, 3.05) is 13.1 Å². The van der Waals surface area contributed by atoms with Gasteiger partial charge in [-0.1, -0.05) is 25.7 Å². The van der Waals surface area contributed by atoms with Crippen LogP contribution in [0.3, 0.4) is 0 Å². The van der Waals surface area contributed by atoms with Crippen LogP contribution in [0, 0.1) is 5.41 Å². The van der Waals surface area contributed by atoms with E-state index in [0.717, 1.165) is 49.5 Å². The second-order valence-corrected chi connectivity index (χ2v) is 6.09. The quantitative estimate of drug-likeness (QED) is 0.198. The van der Waals surface area contributed by atoms with E-state index < -0.39 is 16.6 Å². The van der Waals surface area contributed by atoms with Gasteiger partial charge in [-0.2, -0.15) is 0 Å². The summed E-state index contributed by atoms with van der Waals surface area (Å²) in [6, 6.07) is 0. The van der Waals surface area contributed by atoms with Crippen molar-refractivity contribution < 1.29 is 18.9 Å². The molecular weight excluding hydrogens is 398 g/mol. The number of unbranched alkanes of at least 4 members (excludes halogenated alkanes) is 6. The highest BCUT2D eigenvalue weighted by atomic mass is 16.5. The average molecular weight is 423 g/mol. The first kappa shape index (κ1) is 26.5. The van der Waals surface area contributed by atoms with Crippen LogP contribution >= 0.6 is 0 Å². The lowest BCUT2D eigenvalue weighted by atomic mass is 10.2. The number of aliphatic imine (C=N–C) groups is 2. The Morgan fingerprint density at radius 3 is 1.73 bits per heavy atom. The summed E-state index contributed by atoms with van der Waals surface area (Å²) >= 11 is 0. The summed E-state index contributed by atoms with van der Waals surface area (Å²) in [5, 5.41) is 5.40. The molecule has 12 heteroatoms. The van der Waals surface area contributed by atoms with Crippen molar-refractivity contribution in [2.24, 2.45) is 9.98 Å². The van der Waals surface area contributed by atoms with E-state index in [1.54, 1.807) is 0 Å². The van der Waals surface area contributed by atoms with E-state index in [9.17, 15) is 24.0 Å². The van der Waals surface area contributed by atoms with Gasteiger partial charge in [0.1, 0.15) is 0 Å². The third-order valence-corrected chi connectivity index (χ3v) is 3.96. The maximum absolute atomic E-state index is 12.1. The predicted molar refractivity (Wildman–Crippen MR) is 105 cm³/mol. The van der Waals surface area contributed by atoms with E-state index in [0.29, 0.717) is 32.5 Å². The minimum Gasteiger partial charge on any atom is -0.316 e. The molecule has 1 aromatic rings. The van der Waals surface area contributed by atoms with E-state index in [1.807, 2.05) is 0 Å². The summed E-state index contributed by atoms with van der Waals surface area (Å²) in [5.41, 5.74) is -3.21. The van der Waals surface area contributed by atoms with Gasteiger partial charge in [-0.05, 0) is 25.7 Å². The summed E-state index contributed by atoms with van der Waals surface area (Å²) in [6.45, 7) is 1.42. The van der Waals surface area contributed by atoms with E-state index in [-0.39, 0.29) is 6.54 Å². The molecule has 0 fully saturated rings. The highest BCUT2D eigenvalue weighted by molar-refractivity contribution is 5.32. The summed E-state index contributed by atoms with van der Waals surface area (Å²) in [7, 11) is 0. The van der Waals surface area contributed by atoms with Gasteiger partial charge in [-0.15, -0.1) is 4.85 Å². The van der Waals surface area contributed by atoms with Crippen LogP contribution in [0.15, 0.2) is 28.9 Å². The third-order valence-electron chi connectivity index (χ3n) is 3.96. The number of carbonyl (C=O) groups excluding carboxylic acids is 3. The molecular formula is C18H25N5O7. The fraction of sp³-hybridized carbons (Fsp3) is 0.667. The van der Waals surface area contributed by atoms with Gasteiger partial charge in [0.05, 0.1) is 19.6 Å². The van der Waals surface area contributed by atoms with E-state index >= 15 is 0 Å². The molecule has 0 spiro atoms. The van der Waals surface area contributed by atoms with Gasteiger partial charge in [0.15, 0.2) is 0 Å². The lowest BCUT2D eigenvalue weighted by molar-refractivity contribution is 0.129. The van der Waals surface area contributed by atoms with Gasteiger partial charge >= 0.3 is 16.6 Å². The van der Waals surface area contributed by atoms with Crippen molar-refractivity contribution in [1.29, 1.82) is 5.41 Å². The Balaban J connectivity index is 0.00000263. The Morgan fingerprint density at radius 1 is 0.767 bits per heavy atom. The predicted octanol–water partition coefficient (Wildman–Crippen LogP) is 0.657. The lowest BCUT2D eigenvalue weighted by Crippen LogP contribution is -2.48. The Bertz CT molecular complexity index is 927. The van der Waals surface area contributed by atoms with Gasteiger partial charge in [0.25, 0.3) is 0 Å². The van der Waals surface area contributed by atoms with Crippen LogP contribution in [0.2, 0.25) is 0 Å². The van der Waals surface area contributed by atoms with Crippen molar-refractivity contribution in [2.45, 2.75) is 64.5 Å². The molecule has 1 heterocycles. The molecule has 0 aromatic carbocycles. The molecule has 0 atom stereocenters. The van der Waals surface area contributed by atoms with Crippen molar-refractivity contribution in [1.82, 2.24) is 9.54 Å². The normalized spacial score (nSPS) is 9.47. The molecule has 0 radical (unpaired) electrons. The maximum Gasteiger partial charge on any atom is 0.410 e. The fourth-order valence-corrected chi connectivity index (χ4v) is 2.56. The summed E-state index contributed by atoms with van der Waals surface area (Å²) in [5.74, 6) is 0. The molecule has 0 aliphatic rings. The Hall–Kier alpha value is -3.45. The highest BCUT2D eigenvalue weighted by Crippen LogP contribution is 2.04. The van der Waals surface area contributed by atoms with Crippen LogP contribution in [-0.4, -0.2) is 40.9 Å². The second kappa shape index (κ2) is 17.6. The fourth-order valence-electron chi connectivity index (χ4n) is 2.56. The van der Waals surface area contributed by atoms with Crippen LogP contribution in [-0.2, 0) is 27.5 Å². The SMILES string of the molecule is N=C=O.O=C=NCCCCCCn1oc(=O)c(=O)c(=O)n1CCCCCCN=C=O. The van der Waals surface area contributed by atoms with E-state index in [1.165, 1.54) is 16.8 Å². The first-order valence-corrected chi connectivity index (χ1v) is 9.50. The molecule has 0 saturated carbocycles. The zero-order chi connectivity index (χ0) is 22.6. The number of nitrogens with zero attached hydrogens (tertiary/aromatic N) is 4. The number of nitrogens with one attached hydrogen (secondary N) is 1. The zero-order valence-corrected chi connectivity index (χ0v) is 16.6. The smallest absolute Gasteiger partial charge is 0.316 e. The van der Waals surface area contributed by atoms with Crippen LogP contribution in [0.25, 0.3) is 0 Å². The van der Waals surface area contributed by atoms with Gasteiger partial charge in [-0.3, -0.25) is 9.59 Å². The van der Waals surface area contributed by atoms with Crippen LogP contribution in [0.1, 0.15) is 51.4 Å². The summed E-state index contributed by atoms with van der Waals surface area (Å²) in [4.78, 5) is 71.5. The molecule has 1 rings (SSSR count). The topological polar surface area (TPSA) is 174 Å². The zero-order valence-electron chi connectivity index (χ0n) is 16.6. The molecule has 0 aliphatic heterocycles. The second-order valence-electron chi connectivity index (χ2n) is 6.09. The molecule has 1 N–H and O–H groups in total. The Kier molecular flexibility index (Phi) is 15.6. The number of rotatable bonds is 14. The number of aromatic nitrogens is 2.